The average Bonchev–Trinajstić information content (AvgIpc) is 1.88. The Morgan fingerprint density at radius 3 is 2.60 bits per heavy atom. The quantitative estimate of drug-likeness (QED) is 0.494. The molecule has 4 nitrogen and oxygen atoms in total. The Kier molecular flexibility index (Phi) is 2.24. The molecule has 58 valence electrons. The summed E-state index contributed by atoms with van der Waals surface area (Å²) >= 11 is 0. The lowest BCUT2D eigenvalue weighted by molar-refractivity contribution is -0.132. The normalized spacial score (nSPS) is 33.7. The van der Waals surface area contributed by atoms with E-state index in [0.29, 0.717) is 13.0 Å². The van der Waals surface area contributed by atoms with Crippen LogP contribution in [-0.4, -0.2) is 24.7 Å². The molecule has 0 aromatic rings. The molecule has 1 fully saturated rings. The van der Waals surface area contributed by atoms with E-state index < -0.39 is 6.10 Å². The fraction of sp³-hybridized carbons (Fsp3) is 0.833. The van der Waals surface area contributed by atoms with Gasteiger partial charge in [-0.3, -0.25) is 4.79 Å². The zero-order chi connectivity index (χ0) is 7.56. The molecule has 1 aliphatic heterocycles. The van der Waals surface area contributed by atoms with Crippen molar-refractivity contribution in [2.75, 3.05) is 6.61 Å². The van der Waals surface area contributed by atoms with Gasteiger partial charge in [-0.2, -0.15) is 0 Å². The van der Waals surface area contributed by atoms with Gasteiger partial charge in [0.1, 0.15) is 6.10 Å². The van der Waals surface area contributed by atoms with Gasteiger partial charge in [0.25, 0.3) is 0 Å². The molecular weight excluding hydrogens is 132 g/mol. The van der Waals surface area contributed by atoms with Crippen LogP contribution in [0.1, 0.15) is 12.8 Å². The number of nitrogens with two attached hydrogens (primary N) is 2. The zero-order valence-electron chi connectivity index (χ0n) is 5.75. The van der Waals surface area contributed by atoms with Crippen LogP contribution in [0.25, 0.3) is 0 Å². The van der Waals surface area contributed by atoms with Crippen LogP contribution in [0.15, 0.2) is 0 Å². The molecule has 1 heterocycles. The Morgan fingerprint density at radius 1 is 1.50 bits per heavy atom. The summed E-state index contributed by atoms with van der Waals surface area (Å²) in [6, 6.07) is 0.0793. The number of primary amides is 1. The second kappa shape index (κ2) is 2.98. The van der Waals surface area contributed by atoms with E-state index in [0.717, 1.165) is 6.42 Å². The largest absolute Gasteiger partial charge is 0.367 e. The van der Waals surface area contributed by atoms with Gasteiger partial charge in [0.15, 0.2) is 0 Å². The molecule has 0 aliphatic carbocycles. The van der Waals surface area contributed by atoms with E-state index in [2.05, 4.69) is 0 Å². The molecule has 2 atom stereocenters. The lowest BCUT2D eigenvalue weighted by Crippen LogP contribution is -2.41. The zero-order valence-corrected chi connectivity index (χ0v) is 5.75. The maximum atomic E-state index is 10.5. The highest BCUT2D eigenvalue weighted by Crippen LogP contribution is 2.10. The van der Waals surface area contributed by atoms with E-state index in [1.54, 1.807) is 0 Å². The predicted octanol–water partition coefficient (Wildman–Crippen LogP) is -1.02. The Morgan fingerprint density at radius 2 is 2.20 bits per heavy atom. The molecular formula is C6H12N2O2. The second-order valence-corrected chi connectivity index (χ2v) is 2.56. The molecule has 1 rings (SSSR count). The standard InChI is InChI=1S/C6H12N2O2/c7-4-1-2-5(6(8)9)10-3-4/h4-5H,1-3,7H2,(H2,8,9). The summed E-state index contributed by atoms with van der Waals surface area (Å²) in [6.45, 7) is 0.452. The molecule has 0 aromatic carbocycles. The van der Waals surface area contributed by atoms with Crippen LogP contribution in [0.3, 0.4) is 0 Å². The number of rotatable bonds is 1. The molecule has 1 amide bonds. The smallest absolute Gasteiger partial charge is 0.246 e. The highest BCUT2D eigenvalue weighted by atomic mass is 16.5. The van der Waals surface area contributed by atoms with Crippen LogP contribution < -0.4 is 11.5 Å². The van der Waals surface area contributed by atoms with Crippen molar-refractivity contribution in [3.63, 3.8) is 0 Å². The molecule has 2 unspecified atom stereocenters. The number of ether oxygens (including phenoxy) is 1. The van der Waals surface area contributed by atoms with E-state index in [-0.39, 0.29) is 11.9 Å². The van der Waals surface area contributed by atoms with Gasteiger partial charge < -0.3 is 16.2 Å². The van der Waals surface area contributed by atoms with Gasteiger partial charge in [-0.05, 0) is 12.8 Å². The topological polar surface area (TPSA) is 78.3 Å². The number of amides is 1. The van der Waals surface area contributed by atoms with Crippen LogP contribution in [0.2, 0.25) is 0 Å². The molecule has 4 heteroatoms. The SMILES string of the molecule is NC(=O)C1CCC(N)CO1. The minimum Gasteiger partial charge on any atom is -0.367 e. The highest BCUT2D eigenvalue weighted by molar-refractivity contribution is 5.78. The van der Waals surface area contributed by atoms with Crippen molar-refractivity contribution in [3.05, 3.63) is 0 Å². The molecule has 0 aromatic heterocycles. The van der Waals surface area contributed by atoms with Crippen molar-refractivity contribution in [2.45, 2.75) is 25.0 Å². The summed E-state index contributed by atoms with van der Waals surface area (Å²) in [7, 11) is 0. The van der Waals surface area contributed by atoms with Gasteiger partial charge in [-0.1, -0.05) is 0 Å². The van der Waals surface area contributed by atoms with Crippen molar-refractivity contribution in [1.82, 2.24) is 0 Å². The summed E-state index contributed by atoms with van der Waals surface area (Å²) in [6.07, 6.45) is 1.09. The van der Waals surface area contributed by atoms with Gasteiger partial charge >= 0.3 is 0 Å². The molecule has 1 saturated heterocycles. The third-order valence-electron chi connectivity index (χ3n) is 1.63. The first-order valence-corrected chi connectivity index (χ1v) is 3.36. The Balaban J connectivity index is 2.33. The average molecular weight is 144 g/mol. The van der Waals surface area contributed by atoms with Gasteiger partial charge in [0, 0.05) is 6.04 Å². The van der Waals surface area contributed by atoms with E-state index >= 15 is 0 Å². The third kappa shape index (κ3) is 1.68. The summed E-state index contributed by atoms with van der Waals surface area (Å²) in [5.41, 5.74) is 10.5. The number of hydrogen-bond acceptors (Lipinski definition) is 3. The maximum Gasteiger partial charge on any atom is 0.246 e. The first kappa shape index (κ1) is 7.50. The highest BCUT2D eigenvalue weighted by Gasteiger charge is 2.22. The van der Waals surface area contributed by atoms with Crippen LogP contribution in [0, 0.1) is 0 Å². The molecule has 0 spiro atoms. The van der Waals surface area contributed by atoms with Crippen molar-refractivity contribution >= 4 is 5.91 Å². The van der Waals surface area contributed by atoms with Gasteiger partial charge in [-0.25, -0.2) is 0 Å². The van der Waals surface area contributed by atoms with Gasteiger partial charge in [0.05, 0.1) is 6.61 Å². The lowest BCUT2D eigenvalue weighted by Gasteiger charge is -2.24. The Bertz CT molecular complexity index is 130. The lowest BCUT2D eigenvalue weighted by atomic mass is 10.1. The number of carbonyl (C=O) groups is 1. The Hall–Kier alpha value is -0.610. The predicted molar refractivity (Wildman–Crippen MR) is 36.1 cm³/mol. The Labute approximate surface area is 59.5 Å². The van der Waals surface area contributed by atoms with Crippen LogP contribution in [0.4, 0.5) is 0 Å². The van der Waals surface area contributed by atoms with Crippen molar-refractivity contribution < 1.29 is 9.53 Å². The number of carbonyl (C=O) groups excluding carboxylic acids is 1. The van der Waals surface area contributed by atoms with Crippen LogP contribution in [-0.2, 0) is 9.53 Å². The summed E-state index contributed by atoms with van der Waals surface area (Å²) in [5.74, 6) is -0.382. The molecule has 0 saturated carbocycles. The first-order valence-electron chi connectivity index (χ1n) is 3.36. The molecule has 0 bridgehead atoms. The van der Waals surface area contributed by atoms with E-state index in [1.807, 2.05) is 0 Å². The molecule has 0 radical (unpaired) electrons. The summed E-state index contributed by atoms with van der Waals surface area (Å²) in [4.78, 5) is 10.5. The maximum absolute atomic E-state index is 10.5. The second-order valence-electron chi connectivity index (χ2n) is 2.56. The fourth-order valence-electron chi connectivity index (χ4n) is 0.996. The van der Waals surface area contributed by atoms with Gasteiger partial charge in [0.2, 0.25) is 5.91 Å². The molecule has 4 N–H and O–H groups in total. The van der Waals surface area contributed by atoms with Crippen LogP contribution >= 0.6 is 0 Å². The van der Waals surface area contributed by atoms with Crippen molar-refractivity contribution in [3.8, 4) is 0 Å². The van der Waals surface area contributed by atoms with E-state index in [1.165, 1.54) is 0 Å². The molecule has 1 aliphatic rings. The minimum atomic E-state index is -0.403. The monoisotopic (exact) mass is 144 g/mol. The van der Waals surface area contributed by atoms with E-state index in [4.69, 9.17) is 16.2 Å². The van der Waals surface area contributed by atoms with E-state index in [9.17, 15) is 4.79 Å². The van der Waals surface area contributed by atoms with Crippen molar-refractivity contribution in [2.24, 2.45) is 11.5 Å². The number of hydrogen-bond donors (Lipinski definition) is 2. The van der Waals surface area contributed by atoms with Gasteiger partial charge in [-0.15, -0.1) is 0 Å². The summed E-state index contributed by atoms with van der Waals surface area (Å²) < 4.78 is 5.05. The fourth-order valence-corrected chi connectivity index (χ4v) is 0.996. The van der Waals surface area contributed by atoms with Crippen LogP contribution in [0.5, 0.6) is 0 Å². The minimum absolute atomic E-state index is 0.0793. The summed E-state index contributed by atoms with van der Waals surface area (Å²) in [5, 5.41) is 0. The molecule has 10 heavy (non-hydrogen) atoms. The first-order chi connectivity index (χ1) is 4.70. The van der Waals surface area contributed by atoms with Crippen molar-refractivity contribution in [1.29, 1.82) is 0 Å². The third-order valence-corrected chi connectivity index (χ3v) is 1.63.